The van der Waals surface area contributed by atoms with Crippen LogP contribution in [0.4, 0.5) is 13.2 Å². The normalized spacial score (nSPS) is 14.4. The standard InChI is InChI=1S/C20H19N3O2.C2HF3O2/c24-20(18-14-19(25-22-18)17-6-10-21-11-7-17)23-12-8-16(9-13-23)15-4-2-1-3-5-15;3-2(4,5)1(6)7/h1-7,10-11,14,16H,8-9,12-13H2;(H,6,7). The second kappa shape index (κ2) is 10.1. The summed E-state index contributed by atoms with van der Waals surface area (Å²) in [7, 11) is 0. The van der Waals surface area contributed by atoms with Crippen molar-refractivity contribution in [3.8, 4) is 11.3 Å². The predicted molar refractivity (Wildman–Crippen MR) is 108 cm³/mol. The fourth-order valence-corrected chi connectivity index (χ4v) is 3.33. The highest BCUT2D eigenvalue weighted by Crippen LogP contribution is 2.29. The number of carboxylic acids is 1. The van der Waals surface area contributed by atoms with Crippen molar-refractivity contribution in [1.82, 2.24) is 15.0 Å². The number of halogens is 3. The minimum Gasteiger partial charge on any atom is -0.475 e. The number of rotatable bonds is 3. The largest absolute Gasteiger partial charge is 0.490 e. The Labute approximate surface area is 181 Å². The molecule has 0 aliphatic carbocycles. The number of nitrogens with zero attached hydrogens (tertiary/aromatic N) is 3. The number of alkyl halides is 3. The van der Waals surface area contributed by atoms with Crippen molar-refractivity contribution < 1.29 is 32.4 Å². The van der Waals surface area contributed by atoms with E-state index in [0.29, 0.717) is 17.4 Å². The molecule has 1 saturated heterocycles. The van der Waals surface area contributed by atoms with Crippen molar-refractivity contribution in [2.24, 2.45) is 0 Å². The molecule has 0 atom stereocenters. The Morgan fingerprint density at radius 1 is 1.03 bits per heavy atom. The van der Waals surface area contributed by atoms with Gasteiger partial charge in [-0.2, -0.15) is 13.2 Å². The van der Waals surface area contributed by atoms with E-state index in [4.69, 9.17) is 14.4 Å². The number of aliphatic carboxylic acids is 1. The highest BCUT2D eigenvalue weighted by molar-refractivity contribution is 5.93. The number of carboxylic acid groups (broad SMARTS) is 1. The molecule has 1 aliphatic heterocycles. The van der Waals surface area contributed by atoms with Crippen LogP contribution in [0.2, 0.25) is 0 Å². The number of likely N-dealkylation sites (tertiary alicyclic amines) is 1. The summed E-state index contributed by atoms with van der Waals surface area (Å²) in [6, 6.07) is 15.9. The molecule has 3 heterocycles. The average Bonchev–Trinajstić information content (AvgIpc) is 3.30. The fourth-order valence-electron chi connectivity index (χ4n) is 3.33. The number of carbonyl (C=O) groups is 2. The molecule has 10 heteroatoms. The third-order valence-electron chi connectivity index (χ3n) is 4.99. The Kier molecular flexibility index (Phi) is 7.24. The maximum Gasteiger partial charge on any atom is 0.490 e. The van der Waals surface area contributed by atoms with Gasteiger partial charge in [-0.25, -0.2) is 4.79 Å². The van der Waals surface area contributed by atoms with E-state index >= 15 is 0 Å². The predicted octanol–water partition coefficient (Wildman–Crippen LogP) is 4.39. The molecule has 1 amide bonds. The highest BCUT2D eigenvalue weighted by atomic mass is 19.4. The van der Waals surface area contributed by atoms with E-state index in [9.17, 15) is 18.0 Å². The molecule has 0 saturated carbocycles. The molecule has 1 N–H and O–H groups in total. The Bertz CT molecular complexity index is 1030. The van der Waals surface area contributed by atoms with Crippen LogP contribution in [-0.4, -0.2) is 51.3 Å². The van der Waals surface area contributed by atoms with Crippen molar-refractivity contribution in [3.63, 3.8) is 0 Å². The zero-order valence-corrected chi connectivity index (χ0v) is 16.8. The summed E-state index contributed by atoms with van der Waals surface area (Å²) in [6.07, 6.45) is 0.247. The second-order valence-electron chi connectivity index (χ2n) is 7.09. The lowest BCUT2D eigenvalue weighted by Gasteiger charge is -2.31. The SMILES string of the molecule is O=C(O)C(F)(F)F.O=C(c1cc(-c2ccncc2)on1)N1CCC(c2ccccc2)CC1. The van der Waals surface area contributed by atoms with E-state index in [2.05, 4.69) is 34.4 Å². The first-order chi connectivity index (χ1) is 15.3. The molecule has 1 aromatic carbocycles. The van der Waals surface area contributed by atoms with Gasteiger partial charge in [-0.1, -0.05) is 35.5 Å². The van der Waals surface area contributed by atoms with E-state index in [1.165, 1.54) is 5.56 Å². The number of pyridine rings is 1. The summed E-state index contributed by atoms with van der Waals surface area (Å²) < 4.78 is 37.1. The molecule has 2 aromatic heterocycles. The summed E-state index contributed by atoms with van der Waals surface area (Å²) in [6.45, 7) is 1.49. The van der Waals surface area contributed by atoms with Crippen molar-refractivity contribution in [2.45, 2.75) is 24.9 Å². The Morgan fingerprint density at radius 3 is 2.19 bits per heavy atom. The minimum atomic E-state index is -5.08. The van der Waals surface area contributed by atoms with Gasteiger partial charge in [-0.3, -0.25) is 9.78 Å². The lowest BCUT2D eigenvalue weighted by molar-refractivity contribution is -0.192. The first-order valence-corrected chi connectivity index (χ1v) is 9.77. The van der Waals surface area contributed by atoms with E-state index in [1.807, 2.05) is 23.1 Å². The molecule has 4 rings (SSSR count). The van der Waals surface area contributed by atoms with Gasteiger partial charge in [0.2, 0.25) is 0 Å². The highest BCUT2D eigenvalue weighted by Gasteiger charge is 2.38. The van der Waals surface area contributed by atoms with Crippen LogP contribution in [0.25, 0.3) is 11.3 Å². The number of hydrogen-bond acceptors (Lipinski definition) is 5. The first kappa shape index (κ1) is 23.0. The summed E-state index contributed by atoms with van der Waals surface area (Å²) in [5.74, 6) is -1.71. The molecule has 3 aromatic rings. The van der Waals surface area contributed by atoms with Crippen LogP contribution in [0.1, 0.15) is 34.8 Å². The number of amides is 1. The Hall–Kier alpha value is -3.69. The number of carbonyl (C=O) groups excluding carboxylic acids is 1. The maximum absolute atomic E-state index is 12.7. The zero-order chi connectivity index (χ0) is 23.1. The molecule has 0 radical (unpaired) electrons. The number of benzene rings is 1. The van der Waals surface area contributed by atoms with Gasteiger partial charge in [0.25, 0.3) is 5.91 Å². The van der Waals surface area contributed by atoms with E-state index in [-0.39, 0.29) is 5.91 Å². The molecular weight excluding hydrogens is 427 g/mol. The first-order valence-electron chi connectivity index (χ1n) is 9.77. The lowest BCUT2D eigenvalue weighted by atomic mass is 9.89. The van der Waals surface area contributed by atoms with E-state index < -0.39 is 12.1 Å². The zero-order valence-electron chi connectivity index (χ0n) is 16.8. The van der Waals surface area contributed by atoms with Crippen molar-refractivity contribution in [3.05, 3.63) is 72.2 Å². The quantitative estimate of drug-likeness (QED) is 0.640. The van der Waals surface area contributed by atoms with Gasteiger partial charge >= 0.3 is 12.1 Å². The van der Waals surface area contributed by atoms with Gasteiger partial charge in [0, 0.05) is 37.1 Å². The monoisotopic (exact) mass is 447 g/mol. The molecular formula is C22H20F3N3O4. The van der Waals surface area contributed by atoms with Gasteiger partial charge in [0.1, 0.15) is 0 Å². The second-order valence-corrected chi connectivity index (χ2v) is 7.09. The number of hydrogen-bond donors (Lipinski definition) is 1. The molecule has 0 bridgehead atoms. The van der Waals surface area contributed by atoms with E-state index in [1.54, 1.807) is 18.5 Å². The third-order valence-corrected chi connectivity index (χ3v) is 4.99. The fraction of sp³-hybridized carbons (Fsp3) is 0.273. The smallest absolute Gasteiger partial charge is 0.475 e. The Balaban J connectivity index is 0.000000360. The van der Waals surface area contributed by atoms with Crippen LogP contribution in [-0.2, 0) is 4.79 Å². The summed E-state index contributed by atoms with van der Waals surface area (Å²) in [4.78, 5) is 27.4. The topological polar surface area (TPSA) is 96.5 Å². The van der Waals surface area contributed by atoms with Crippen LogP contribution in [0, 0.1) is 0 Å². The number of aromatic nitrogens is 2. The van der Waals surface area contributed by atoms with Gasteiger partial charge in [0.15, 0.2) is 11.5 Å². The van der Waals surface area contributed by atoms with Crippen LogP contribution in [0.15, 0.2) is 65.4 Å². The summed E-state index contributed by atoms with van der Waals surface area (Å²) in [5.41, 5.74) is 2.59. The molecule has 0 unspecified atom stereocenters. The van der Waals surface area contributed by atoms with E-state index in [0.717, 1.165) is 31.5 Å². The third kappa shape index (κ3) is 5.93. The van der Waals surface area contributed by atoms with Crippen molar-refractivity contribution >= 4 is 11.9 Å². The molecule has 1 fully saturated rings. The van der Waals surface area contributed by atoms with Gasteiger partial charge in [-0.15, -0.1) is 0 Å². The van der Waals surface area contributed by atoms with Gasteiger partial charge < -0.3 is 14.5 Å². The molecule has 32 heavy (non-hydrogen) atoms. The lowest BCUT2D eigenvalue weighted by Crippen LogP contribution is -2.38. The van der Waals surface area contributed by atoms with Crippen LogP contribution in [0.5, 0.6) is 0 Å². The van der Waals surface area contributed by atoms with Crippen LogP contribution < -0.4 is 0 Å². The summed E-state index contributed by atoms with van der Waals surface area (Å²) in [5, 5.41) is 11.1. The average molecular weight is 447 g/mol. The van der Waals surface area contributed by atoms with Gasteiger partial charge in [-0.05, 0) is 36.5 Å². The molecule has 0 spiro atoms. The molecule has 1 aliphatic rings. The van der Waals surface area contributed by atoms with Crippen molar-refractivity contribution in [1.29, 1.82) is 0 Å². The summed E-state index contributed by atoms with van der Waals surface area (Å²) >= 11 is 0. The van der Waals surface area contributed by atoms with Crippen LogP contribution >= 0.6 is 0 Å². The maximum atomic E-state index is 12.7. The molecule has 168 valence electrons. The minimum absolute atomic E-state index is 0.0597. The number of piperidine rings is 1. The van der Waals surface area contributed by atoms with Gasteiger partial charge in [0.05, 0.1) is 0 Å². The van der Waals surface area contributed by atoms with Crippen LogP contribution in [0.3, 0.4) is 0 Å². The molecule has 7 nitrogen and oxygen atoms in total. The van der Waals surface area contributed by atoms with Crippen molar-refractivity contribution in [2.75, 3.05) is 13.1 Å². The Morgan fingerprint density at radius 2 is 1.62 bits per heavy atom.